The number of ether oxygens (including phenoxy) is 1. The molecule has 0 radical (unpaired) electrons. The Morgan fingerprint density at radius 1 is 1.59 bits per heavy atom. The number of hydrogen-bond donors (Lipinski definition) is 1. The van der Waals surface area contributed by atoms with Crippen LogP contribution in [0.3, 0.4) is 0 Å². The molecule has 1 heterocycles. The average Bonchev–Trinajstić information content (AvgIpc) is 2.65. The second-order valence-corrected chi connectivity index (χ2v) is 5.80. The molecule has 1 rings (SSSR count). The van der Waals surface area contributed by atoms with Gasteiger partial charge in [0, 0.05) is 10.8 Å². The van der Waals surface area contributed by atoms with Gasteiger partial charge in [0.25, 0.3) is 0 Å². The van der Waals surface area contributed by atoms with Gasteiger partial charge < -0.3 is 10.5 Å². The first-order valence-corrected chi connectivity index (χ1v) is 6.59. The van der Waals surface area contributed by atoms with Crippen molar-refractivity contribution in [1.29, 1.82) is 0 Å². The second kappa shape index (κ2) is 5.60. The summed E-state index contributed by atoms with van der Waals surface area (Å²) in [4.78, 5) is 15.8. The van der Waals surface area contributed by atoms with Crippen molar-refractivity contribution in [3.05, 3.63) is 16.1 Å². The van der Waals surface area contributed by atoms with Crippen LogP contribution in [0, 0.1) is 0 Å². The van der Waals surface area contributed by atoms with Crippen molar-refractivity contribution in [3.8, 4) is 0 Å². The molecule has 1 atom stereocenters. The lowest BCUT2D eigenvalue weighted by atomic mass is 9.98. The van der Waals surface area contributed by atoms with Gasteiger partial charge in [-0.3, -0.25) is 4.79 Å². The molecule has 2 N–H and O–H groups in total. The van der Waals surface area contributed by atoms with Crippen molar-refractivity contribution < 1.29 is 9.53 Å². The van der Waals surface area contributed by atoms with Crippen LogP contribution in [0.1, 0.15) is 50.9 Å². The molecule has 1 aromatic rings. The predicted molar refractivity (Wildman–Crippen MR) is 69.0 cm³/mol. The second-order valence-electron chi connectivity index (χ2n) is 4.94. The lowest BCUT2D eigenvalue weighted by Crippen LogP contribution is -2.18. The topological polar surface area (TPSA) is 65.2 Å². The Labute approximate surface area is 106 Å². The molecule has 1 unspecified atom stereocenters. The van der Waals surface area contributed by atoms with E-state index < -0.39 is 0 Å². The fourth-order valence-electron chi connectivity index (χ4n) is 1.30. The van der Waals surface area contributed by atoms with Crippen molar-refractivity contribution in [2.45, 2.75) is 45.6 Å². The van der Waals surface area contributed by atoms with E-state index in [-0.39, 0.29) is 23.8 Å². The Morgan fingerprint density at radius 2 is 2.24 bits per heavy atom. The first-order valence-electron chi connectivity index (χ1n) is 5.71. The van der Waals surface area contributed by atoms with E-state index in [1.165, 1.54) is 0 Å². The number of nitrogens with two attached hydrogens (primary N) is 1. The van der Waals surface area contributed by atoms with E-state index in [9.17, 15) is 4.79 Å². The molecule has 0 spiro atoms. The lowest BCUT2D eigenvalue weighted by molar-refractivity contribution is -0.143. The Kier molecular flexibility index (Phi) is 4.65. The number of hydrogen-bond acceptors (Lipinski definition) is 5. The summed E-state index contributed by atoms with van der Waals surface area (Å²) in [6.45, 7) is 8.48. The van der Waals surface area contributed by atoms with E-state index in [4.69, 9.17) is 10.5 Å². The third-order valence-electron chi connectivity index (χ3n) is 2.24. The summed E-state index contributed by atoms with van der Waals surface area (Å²) in [6, 6.07) is -0.374. The fourth-order valence-corrected chi connectivity index (χ4v) is 2.28. The van der Waals surface area contributed by atoms with Crippen LogP contribution in [0.5, 0.6) is 0 Å². The van der Waals surface area contributed by atoms with E-state index in [1.807, 2.05) is 5.38 Å². The van der Waals surface area contributed by atoms with Crippen LogP contribution in [0.25, 0.3) is 0 Å². The van der Waals surface area contributed by atoms with Crippen molar-refractivity contribution in [1.82, 2.24) is 4.98 Å². The predicted octanol–water partition coefficient (Wildman–Crippen LogP) is 2.39. The number of carbonyl (C=O) groups excluding carboxylic acids is 1. The van der Waals surface area contributed by atoms with Gasteiger partial charge in [-0.05, 0) is 6.92 Å². The number of rotatable bonds is 4. The third kappa shape index (κ3) is 4.09. The maximum absolute atomic E-state index is 11.3. The van der Waals surface area contributed by atoms with Crippen molar-refractivity contribution >= 4 is 17.3 Å². The molecule has 0 saturated heterocycles. The Balaban J connectivity index is 2.67. The number of aromatic nitrogens is 1. The van der Waals surface area contributed by atoms with E-state index in [2.05, 4.69) is 25.8 Å². The highest BCUT2D eigenvalue weighted by atomic mass is 32.1. The Hall–Kier alpha value is -0.940. The summed E-state index contributed by atoms with van der Waals surface area (Å²) in [5, 5.41) is 2.96. The molecule has 0 saturated carbocycles. The van der Waals surface area contributed by atoms with Gasteiger partial charge in [-0.2, -0.15) is 0 Å². The van der Waals surface area contributed by atoms with E-state index >= 15 is 0 Å². The van der Waals surface area contributed by atoms with Crippen LogP contribution in [0.4, 0.5) is 0 Å². The normalized spacial score (nSPS) is 13.5. The van der Waals surface area contributed by atoms with E-state index in [1.54, 1.807) is 18.3 Å². The average molecular weight is 256 g/mol. The zero-order valence-corrected chi connectivity index (χ0v) is 11.6. The molecule has 0 aliphatic rings. The van der Waals surface area contributed by atoms with Crippen LogP contribution in [0.2, 0.25) is 0 Å². The summed E-state index contributed by atoms with van der Waals surface area (Å²) >= 11 is 1.58. The van der Waals surface area contributed by atoms with Gasteiger partial charge in [0.1, 0.15) is 0 Å². The summed E-state index contributed by atoms with van der Waals surface area (Å²) in [5.74, 6) is -0.273. The van der Waals surface area contributed by atoms with Crippen LogP contribution >= 0.6 is 11.3 Å². The first kappa shape index (κ1) is 14.1. The molecule has 0 aliphatic carbocycles. The quantitative estimate of drug-likeness (QED) is 0.840. The molecular formula is C12H20N2O2S. The van der Waals surface area contributed by atoms with Crippen molar-refractivity contribution in [2.75, 3.05) is 6.61 Å². The van der Waals surface area contributed by atoms with Crippen LogP contribution in [0.15, 0.2) is 5.38 Å². The molecule has 17 heavy (non-hydrogen) atoms. The molecule has 4 nitrogen and oxygen atoms in total. The van der Waals surface area contributed by atoms with Crippen LogP contribution in [-0.2, 0) is 14.9 Å². The Morgan fingerprint density at radius 3 is 2.71 bits per heavy atom. The first-order chi connectivity index (χ1) is 7.84. The highest BCUT2D eigenvalue weighted by molar-refractivity contribution is 7.09. The van der Waals surface area contributed by atoms with Gasteiger partial charge in [-0.15, -0.1) is 11.3 Å². The van der Waals surface area contributed by atoms with Gasteiger partial charge in [0.15, 0.2) is 0 Å². The van der Waals surface area contributed by atoms with Crippen LogP contribution < -0.4 is 5.73 Å². The SMILES string of the molecule is CCOC(=O)CC(N)c1csc(C(C)(C)C)n1. The molecule has 0 amide bonds. The number of nitrogens with zero attached hydrogens (tertiary/aromatic N) is 1. The summed E-state index contributed by atoms with van der Waals surface area (Å²) < 4.78 is 4.86. The maximum atomic E-state index is 11.3. The lowest BCUT2D eigenvalue weighted by Gasteiger charge is -2.14. The van der Waals surface area contributed by atoms with Crippen molar-refractivity contribution in [3.63, 3.8) is 0 Å². The zero-order valence-electron chi connectivity index (χ0n) is 10.8. The third-order valence-corrected chi connectivity index (χ3v) is 3.52. The highest BCUT2D eigenvalue weighted by Gasteiger charge is 2.21. The van der Waals surface area contributed by atoms with E-state index in [0.29, 0.717) is 6.61 Å². The smallest absolute Gasteiger partial charge is 0.307 e. The molecule has 5 heteroatoms. The monoisotopic (exact) mass is 256 g/mol. The van der Waals surface area contributed by atoms with Gasteiger partial charge >= 0.3 is 5.97 Å². The van der Waals surface area contributed by atoms with E-state index in [0.717, 1.165) is 10.7 Å². The molecule has 96 valence electrons. The molecular weight excluding hydrogens is 236 g/mol. The molecule has 0 aromatic carbocycles. The summed E-state index contributed by atoms with van der Waals surface area (Å²) in [5.41, 5.74) is 6.72. The van der Waals surface area contributed by atoms with Gasteiger partial charge in [-0.25, -0.2) is 4.98 Å². The standard InChI is InChI=1S/C12H20N2O2S/c1-5-16-10(15)6-8(13)9-7-17-11(14-9)12(2,3)4/h7-8H,5-6,13H2,1-4H3. The molecule has 0 fully saturated rings. The minimum Gasteiger partial charge on any atom is -0.466 e. The number of thiazole rings is 1. The zero-order chi connectivity index (χ0) is 13.1. The molecule has 1 aromatic heterocycles. The van der Waals surface area contributed by atoms with Crippen LogP contribution in [-0.4, -0.2) is 17.6 Å². The van der Waals surface area contributed by atoms with Gasteiger partial charge in [0.05, 0.1) is 29.8 Å². The summed E-state index contributed by atoms with van der Waals surface area (Å²) in [6.07, 6.45) is 0.182. The van der Waals surface area contributed by atoms with Crippen molar-refractivity contribution in [2.24, 2.45) is 5.73 Å². The largest absolute Gasteiger partial charge is 0.466 e. The Bertz CT molecular complexity index is 382. The number of esters is 1. The molecule has 0 aliphatic heterocycles. The number of carbonyl (C=O) groups is 1. The van der Waals surface area contributed by atoms with Gasteiger partial charge in [-0.1, -0.05) is 20.8 Å². The fraction of sp³-hybridized carbons (Fsp3) is 0.667. The minimum absolute atomic E-state index is 0.0204. The highest BCUT2D eigenvalue weighted by Crippen LogP contribution is 2.27. The molecule has 0 bridgehead atoms. The maximum Gasteiger partial charge on any atom is 0.307 e. The summed E-state index contributed by atoms with van der Waals surface area (Å²) in [7, 11) is 0. The minimum atomic E-state index is -0.374. The van der Waals surface area contributed by atoms with Gasteiger partial charge in [0.2, 0.25) is 0 Å².